The number of rotatable bonds is 5. The molecule has 0 spiro atoms. The van der Waals surface area contributed by atoms with Gasteiger partial charge in [-0.3, -0.25) is 0 Å². The molecule has 8 N–H and O–H groups in total. The number of aryl methyl sites for hydroxylation is 4. The Balaban J connectivity index is 2.19. The molecule has 0 aliphatic carbocycles. The van der Waals surface area contributed by atoms with Gasteiger partial charge >= 0.3 is 0 Å². The molecule has 0 bridgehead atoms. The molecule has 0 aliphatic heterocycles. The summed E-state index contributed by atoms with van der Waals surface area (Å²) < 4.78 is 0. The Bertz CT molecular complexity index is 1440. The summed E-state index contributed by atoms with van der Waals surface area (Å²) in [5, 5.41) is 83.7. The molecular formula is C30H30O8. The average molecular weight is 519 g/mol. The van der Waals surface area contributed by atoms with Crippen LogP contribution in [0.3, 0.4) is 0 Å². The molecule has 8 heteroatoms. The van der Waals surface area contributed by atoms with E-state index in [0.29, 0.717) is 33.4 Å². The van der Waals surface area contributed by atoms with E-state index < -0.39 is 46.3 Å². The van der Waals surface area contributed by atoms with Gasteiger partial charge < -0.3 is 40.9 Å². The summed E-state index contributed by atoms with van der Waals surface area (Å²) in [6.07, 6.45) is 0. The van der Waals surface area contributed by atoms with E-state index in [1.54, 1.807) is 52.0 Å². The van der Waals surface area contributed by atoms with Crippen LogP contribution in [0.25, 0.3) is 0 Å². The molecule has 0 saturated heterocycles. The van der Waals surface area contributed by atoms with Gasteiger partial charge in [-0.1, -0.05) is 24.3 Å². The van der Waals surface area contributed by atoms with Crippen LogP contribution in [-0.4, -0.2) is 40.9 Å². The average Bonchev–Trinajstić information content (AvgIpc) is 2.86. The van der Waals surface area contributed by atoms with E-state index in [9.17, 15) is 40.9 Å². The first-order chi connectivity index (χ1) is 17.8. The molecule has 4 rings (SSSR count). The number of hydrogen-bond acceptors (Lipinski definition) is 8. The van der Waals surface area contributed by atoms with Crippen molar-refractivity contribution >= 4 is 0 Å². The van der Waals surface area contributed by atoms with E-state index >= 15 is 0 Å². The van der Waals surface area contributed by atoms with Gasteiger partial charge in [-0.05, 0) is 85.3 Å². The molecule has 38 heavy (non-hydrogen) atoms. The maximum atomic E-state index is 11.0. The summed E-state index contributed by atoms with van der Waals surface area (Å²) in [5.41, 5.74) is 4.10. The highest BCUT2D eigenvalue weighted by Gasteiger charge is 2.36. The van der Waals surface area contributed by atoms with Crippen molar-refractivity contribution in [1.82, 2.24) is 0 Å². The number of phenolic OH excluding ortho intramolecular Hbond substituents is 8. The minimum Gasteiger partial charge on any atom is -0.508 e. The summed E-state index contributed by atoms with van der Waals surface area (Å²) in [6, 6.07) is 12.0. The van der Waals surface area contributed by atoms with Crippen molar-refractivity contribution in [2.45, 2.75) is 39.5 Å². The number of benzene rings is 4. The summed E-state index contributed by atoms with van der Waals surface area (Å²) in [6.45, 7) is 7.05. The van der Waals surface area contributed by atoms with E-state index in [1.807, 2.05) is 0 Å². The molecule has 0 saturated carbocycles. The van der Waals surface area contributed by atoms with Crippen LogP contribution in [-0.2, 0) is 0 Å². The van der Waals surface area contributed by atoms with Gasteiger partial charge in [0.25, 0.3) is 0 Å². The second-order valence-corrected chi connectivity index (χ2v) is 9.69. The molecule has 4 aromatic rings. The molecule has 0 amide bonds. The van der Waals surface area contributed by atoms with Crippen molar-refractivity contribution in [2.24, 2.45) is 0 Å². The van der Waals surface area contributed by atoms with Gasteiger partial charge in [-0.2, -0.15) is 0 Å². The Morgan fingerprint density at radius 1 is 0.368 bits per heavy atom. The summed E-state index contributed by atoms with van der Waals surface area (Å²) in [4.78, 5) is 0. The third kappa shape index (κ3) is 4.34. The zero-order valence-electron chi connectivity index (χ0n) is 21.4. The molecule has 0 atom stereocenters. The molecular weight excluding hydrogens is 488 g/mol. The highest BCUT2D eigenvalue weighted by atomic mass is 16.3. The second-order valence-electron chi connectivity index (χ2n) is 9.69. The third-order valence-corrected chi connectivity index (χ3v) is 7.17. The van der Waals surface area contributed by atoms with E-state index in [0.717, 1.165) is 0 Å². The monoisotopic (exact) mass is 518 g/mol. The Morgan fingerprint density at radius 2 is 0.711 bits per heavy atom. The van der Waals surface area contributed by atoms with Crippen LogP contribution in [0.15, 0.2) is 48.5 Å². The lowest BCUT2D eigenvalue weighted by Gasteiger charge is -2.33. The predicted molar refractivity (Wildman–Crippen MR) is 142 cm³/mol. The number of phenols is 8. The molecule has 0 radical (unpaired) electrons. The van der Waals surface area contributed by atoms with Gasteiger partial charge in [0.2, 0.25) is 11.5 Å². The molecule has 4 aromatic carbocycles. The molecule has 198 valence electrons. The lowest BCUT2D eigenvalue weighted by molar-refractivity contribution is 0.357. The third-order valence-electron chi connectivity index (χ3n) is 7.17. The highest BCUT2D eigenvalue weighted by molar-refractivity contribution is 5.64. The second kappa shape index (κ2) is 9.63. The number of aromatic hydroxyl groups is 8. The molecule has 0 heterocycles. The first kappa shape index (κ1) is 26.3. The quantitative estimate of drug-likeness (QED) is 0.160. The fourth-order valence-corrected chi connectivity index (χ4v) is 5.04. The van der Waals surface area contributed by atoms with E-state index in [-0.39, 0.29) is 22.6 Å². The normalized spacial score (nSPS) is 11.4. The van der Waals surface area contributed by atoms with E-state index in [4.69, 9.17) is 0 Å². The standard InChI is InChI=1S/C30H30O8/c1-13-11-23(33)15(3)9-19(13)26(20-10-16(4)24(34)12-14(20)2)25(17-5-7-21(31)29(37)27(17)35)18-6-8-22(32)30(38)28(18)36/h5-12,25-26,31-38H,1-4H3. The minimum absolute atomic E-state index is 0.0791. The lowest BCUT2D eigenvalue weighted by Crippen LogP contribution is -2.18. The van der Waals surface area contributed by atoms with Gasteiger partial charge in [0.05, 0.1) is 0 Å². The van der Waals surface area contributed by atoms with Gasteiger partial charge in [0.15, 0.2) is 23.0 Å². The largest absolute Gasteiger partial charge is 0.508 e. The Labute approximate surface area is 219 Å². The van der Waals surface area contributed by atoms with Crippen LogP contribution in [0.1, 0.15) is 56.3 Å². The van der Waals surface area contributed by atoms with Crippen molar-refractivity contribution in [3.63, 3.8) is 0 Å². The van der Waals surface area contributed by atoms with Gasteiger partial charge in [0.1, 0.15) is 11.5 Å². The highest BCUT2D eigenvalue weighted by Crippen LogP contribution is 2.54. The van der Waals surface area contributed by atoms with E-state index in [1.165, 1.54) is 24.3 Å². The Hall–Kier alpha value is -4.72. The van der Waals surface area contributed by atoms with Gasteiger partial charge in [-0.15, -0.1) is 0 Å². The topological polar surface area (TPSA) is 162 Å². The molecule has 0 aromatic heterocycles. The molecule has 0 aliphatic rings. The molecule has 0 fully saturated rings. The predicted octanol–water partition coefficient (Wildman–Crippen LogP) is 5.53. The first-order valence-electron chi connectivity index (χ1n) is 11.9. The maximum absolute atomic E-state index is 11.0. The fourth-order valence-electron chi connectivity index (χ4n) is 5.04. The van der Waals surface area contributed by atoms with Crippen LogP contribution in [0.2, 0.25) is 0 Å². The SMILES string of the molecule is Cc1cc(C(c2cc(C)c(O)cc2C)C(c2ccc(O)c(O)c2O)c2ccc(O)c(O)c2O)c(C)cc1O. The summed E-state index contributed by atoms with van der Waals surface area (Å²) >= 11 is 0. The number of hydrogen-bond donors (Lipinski definition) is 8. The molecule has 8 nitrogen and oxygen atoms in total. The van der Waals surface area contributed by atoms with Crippen molar-refractivity contribution < 1.29 is 40.9 Å². The van der Waals surface area contributed by atoms with Crippen LogP contribution in [0.5, 0.6) is 46.0 Å². The summed E-state index contributed by atoms with van der Waals surface area (Å²) in [7, 11) is 0. The van der Waals surface area contributed by atoms with Crippen LogP contribution >= 0.6 is 0 Å². The van der Waals surface area contributed by atoms with Crippen molar-refractivity contribution in [3.05, 3.63) is 93.0 Å². The van der Waals surface area contributed by atoms with Crippen molar-refractivity contribution in [1.29, 1.82) is 0 Å². The molecule has 0 unspecified atom stereocenters. The Morgan fingerprint density at radius 3 is 1.08 bits per heavy atom. The fraction of sp³-hybridized carbons (Fsp3) is 0.200. The lowest BCUT2D eigenvalue weighted by atomic mass is 9.70. The van der Waals surface area contributed by atoms with Crippen molar-refractivity contribution in [3.8, 4) is 46.0 Å². The summed E-state index contributed by atoms with van der Waals surface area (Å²) in [5.74, 6) is -5.44. The van der Waals surface area contributed by atoms with Gasteiger partial charge in [-0.25, -0.2) is 0 Å². The van der Waals surface area contributed by atoms with Crippen molar-refractivity contribution in [2.75, 3.05) is 0 Å². The smallest absolute Gasteiger partial charge is 0.200 e. The van der Waals surface area contributed by atoms with Crippen LogP contribution in [0, 0.1) is 27.7 Å². The van der Waals surface area contributed by atoms with Gasteiger partial charge in [0, 0.05) is 23.0 Å². The van der Waals surface area contributed by atoms with Crippen LogP contribution < -0.4 is 0 Å². The minimum atomic E-state index is -1.00. The first-order valence-corrected chi connectivity index (χ1v) is 11.9. The van der Waals surface area contributed by atoms with E-state index in [2.05, 4.69) is 0 Å². The Kier molecular flexibility index (Phi) is 6.67. The maximum Gasteiger partial charge on any atom is 0.200 e. The zero-order valence-corrected chi connectivity index (χ0v) is 21.4. The van der Waals surface area contributed by atoms with Crippen LogP contribution in [0.4, 0.5) is 0 Å². The zero-order chi connectivity index (χ0) is 28.0.